The largest absolute Gasteiger partial charge is 0.478 e. The van der Waals surface area contributed by atoms with Crippen LogP contribution in [-0.2, 0) is 12.8 Å². The van der Waals surface area contributed by atoms with Crippen LogP contribution in [0.25, 0.3) is 0 Å². The van der Waals surface area contributed by atoms with E-state index in [0.717, 1.165) is 18.2 Å². The van der Waals surface area contributed by atoms with Crippen LogP contribution in [0, 0.1) is 0 Å². The topological polar surface area (TPSA) is 180 Å². The van der Waals surface area contributed by atoms with Crippen molar-refractivity contribution >= 4 is 41.0 Å². The average Bonchev–Trinajstić information content (AvgIpc) is 3.00. The second-order valence-electron chi connectivity index (χ2n) is 9.92. The molecular formula is C34H24O10. The van der Waals surface area contributed by atoms with Crippen molar-refractivity contribution in [3.8, 4) is 0 Å². The number of aromatic carboxylic acids is 3. The van der Waals surface area contributed by atoms with E-state index in [0.29, 0.717) is 22.3 Å². The molecule has 0 atom stereocenters. The molecule has 220 valence electrons. The Morgan fingerprint density at radius 3 is 1.18 bits per heavy atom. The molecule has 0 radical (unpaired) electrons. The van der Waals surface area contributed by atoms with Gasteiger partial charge in [-0.1, -0.05) is 54.6 Å². The zero-order valence-electron chi connectivity index (χ0n) is 23.2. The Kier molecular flexibility index (Phi) is 9.04. The Labute approximate surface area is 250 Å². The molecule has 3 N–H and O–H groups in total. The highest BCUT2D eigenvalue weighted by Gasteiger charge is 2.21. The molecule has 0 unspecified atom stereocenters. The van der Waals surface area contributed by atoms with Gasteiger partial charge in [0, 0.05) is 40.7 Å². The Bertz CT molecular complexity index is 1710. The molecule has 4 aromatic rings. The normalized spacial score (nSPS) is 10.6. The molecule has 4 rings (SSSR count). The van der Waals surface area contributed by atoms with Gasteiger partial charge in [0.15, 0.2) is 23.1 Å². The number of rotatable bonds is 12. The zero-order valence-corrected chi connectivity index (χ0v) is 23.2. The number of ketones is 4. The van der Waals surface area contributed by atoms with E-state index < -0.39 is 29.5 Å². The lowest BCUT2D eigenvalue weighted by Crippen LogP contribution is -2.13. The zero-order chi connectivity index (χ0) is 32.1. The van der Waals surface area contributed by atoms with Crippen LogP contribution >= 0.6 is 0 Å². The summed E-state index contributed by atoms with van der Waals surface area (Å²) in [6.07, 6.45) is -0.378. The fraction of sp³-hybridized carbons (Fsp3) is 0.0882. The Hall–Kier alpha value is -6.03. The number of carboxylic acids is 3. The maximum absolute atomic E-state index is 13.0. The molecule has 0 fully saturated rings. The third kappa shape index (κ3) is 6.88. The molecule has 0 saturated carbocycles. The quantitative estimate of drug-likeness (QED) is 0.188. The maximum atomic E-state index is 13.0. The molecule has 4 aromatic carbocycles. The Balaban J connectivity index is 1.46. The predicted molar refractivity (Wildman–Crippen MR) is 156 cm³/mol. The summed E-state index contributed by atoms with van der Waals surface area (Å²) in [4.78, 5) is 85.0. The monoisotopic (exact) mass is 592 g/mol. The van der Waals surface area contributed by atoms with Crippen molar-refractivity contribution in [3.63, 3.8) is 0 Å². The summed E-state index contributed by atoms with van der Waals surface area (Å²) in [5.41, 5.74) is 0.762. The van der Waals surface area contributed by atoms with Crippen molar-refractivity contribution in [1.29, 1.82) is 0 Å². The van der Waals surface area contributed by atoms with Gasteiger partial charge in [0.1, 0.15) is 0 Å². The van der Waals surface area contributed by atoms with Gasteiger partial charge in [-0.15, -0.1) is 0 Å². The summed E-state index contributed by atoms with van der Waals surface area (Å²) < 4.78 is 0. The first-order valence-electron chi connectivity index (χ1n) is 13.1. The number of benzene rings is 4. The van der Waals surface area contributed by atoms with Crippen LogP contribution < -0.4 is 0 Å². The van der Waals surface area contributed by atoms with Crippen LogP contribution in [0.3, 0.4) is 0 Å². The van der Waals surface area contributed by atoms with Crippen LogP contribution in [0.15, 0.2) is 84.9 Å². The molecule has 44 heavy (non-hydrogen) atoms. The summed E-state index contributed by atoms with van der Waals surface area (Å²) in [5.74, 6) is -5.71. The van der Waals surface area contributed by atoms with E-state index in [2.05, 4.69) is 0 Å². The predicted octanol–water partition coefficient (Wildman–Crippen LogP) is 5.07. The van der Waals surface area contributed by atoms with Gasteiger partial charge in [-0.05, 0) is 48.4 Å². The van der Waals surface area contributed by atoms with Gasteiger partial charge in [0.05, 0.1) is 16.7 Å². The van der Waals surface area contributed by atoms with E-state index in [-0.39, 0.29) is 57.8 Å². The van der Waals surface area contributed by atoms with Gasteiger partial charge >= 0.3 is 17.9 Å². The molecule has 0 bridgehead atoms. The van der Waals surface area contributed by atoms with Crippen molar-refractivity contribution < 1.29 is 48.9 Å². The number of Topliss-reactive ketones (excluding diaryl/α,β-unsaturated/α-hetero) is 3. The molecule has 0 aliphatic heterocycles. The first kappa shape index (κ1) is 30.9. The van der Waals surface area contributed by atoms with Gasteiger partial charge in [0.2, 0.25) is 0 Å². The summed E-state index contributed by atoms with van der Waals surface area (Å²) in [7, 11) is 0. The second-order valence-corrected chi connectivity index (χ2v) is 9.92. The molecule has 10 heteroatoms. The van der Waals surface area contributed by atoms with Crippen molar-refractivity contribution in [2.45, 2.75) is 19.8 Å². The van der Waals surface area contributed by atoms with Gasteiger partial charge < -0.3 is 15.3 Å². The minimum Gasteiger partial charge on any atom is -0.478 e. The van der Waals surface area contributed by atoms with E-state index >= 15 is 0 Å². The van der Waals surface area contributed by atoms with Crippen molar-refractivity contribution in [1.82, 2.24) is 0 Å². The lowest BCUT2D eigenvalue weighted by Gasteiger charge is -2.09. The number of hydrogen-bond donors (Lipinski definition) is 3. The van der Waals surface area contributed by atoms with Gasteiger partial charge in [-0.3, -0.25) is 19.2 Å². The Morgan fingerprint density at radius 1 is 0.455 bits per heavy atom. The van der Waals surface area contributed by atoms with Crippen LogP contribution in [0.1, 0.15) is 96.1 Å². The van der Waals surface area contributed by atoms with Crippen LogP contribution in [0.4, 0.5) is 0 Å². The molecule has 0 aromatic heterocycles. The highest BCUT2D eigenvalue weighted by atomic mass is 16.4. The summed E-state index contributed by atoms with van der Waals surface area (Å²) in [6, 6.07) is 19.3. The lowest BCUT2D eigenvalue weighted by atomic mass is 9.94. The van der Waals surface area contributed by atoms with Gasteiger partial charge in [0.25, 0.3) is 0 Å². The maximum Gasteiger partial charge on any atom is 0.336 e. The van der Waals surface area contributed by atoms with Gasteiger partial charge in [-0.25, -0.2) is 14.4 Å². The minimum atomic E-state index is -1.37. The first-order valence-corrected chi connectivity index (χ1v) is 13.1. The van der Waals surface area contributed by atoms with E-state index in [1.807, 2.05) is 0 Å². The first-order chi connectivity index (χ1) is 20.8. The van der Waals surface area contributed by atoms with E-state index in [4.69, 9.17) is 0 Å². The average molecular weight is 593 g/mol. The molecule has 10 nitrogen and oxygen atoms in total. The summed E-state index contributed by atoms with van der Waals surface area (Å²) in [6.45, 7) is 1.31. The summed E-state index contributed by atoms with van der Waals surface area (Å²) >= 11 is 0. The molecule has 0 aliphatic carbocycles. The smallest absolute Gasteiger partial charge is 0.336 e. The SMILES string of the molecule is CC(=O)c1ccc(C(=O)O)c(C(=O)Cc2ccc(C(=O)c3ccc(CC(=O)c4cc(C(=O)O)ccc4C(=O)O)cc3)cc2)c1. The number of carbonyl (C=O) groups excluding carboxylic acids is 4. The minimum absolute atomic E-state index is 0.0855. The molecule has 0 spiro atoms. The highest BCUT2D eigenvalue weighted by Crippen LogP contribution is 2.20. The van der Waals surface area contributed by atoms with Crippen LogP contribution in [0.5, 0.6) is 0 Å². The van der Waals surface area contributed by atoms with Crippen molar-refractivity contribution in [2.75, 3.05) is 0 Å². The second kappa shape index (κ2) is 12.9. The standard InChI is InChI=1S/C34H24O10/c1-18(35)23-10-12-25(33(41)42)27(16-23)29(36)14-19-2-6-21(7-3-19)31(38)22-8-4-20(5-9-22)15-30(37)28-17-24(32(39)40)11-13-26(28)34(43)44/h2-13,16-17H,14-15H2,1H3,(H,39,40)(H,41,42)(H,43,44). The molecule has 0 aliphatic rings. The Morgan fingerprint density at radius 2 is 0.818 bits per heavy atom. The lowest BCUT2D eigenvalue weighted by molar-refractivity contribution is 0.0678. The molecule has 0 amide bonds. The summed E-state index contributed by atoms with van der Waals surface area (Å²) in [5, 5.41) is 28.1. The molecular weight excluding hydrogens is 568 g/mol. The van der Waals surface area contributed by atoms with E-state index in [1.54, 1.807) is 12.1 Å². The van der Waals surface area contributed by atoms with Gasteiger partial charge in [-0.2, -0.15) is 0 Å². The third-order valence-electron chi connectivity index (χ3n) is 6.92. The fourth-order valence-electron chi connectivity index (χ4n) is 4.55. The number of carbonyl (C=O) groups is 7. The van der Waals surface area contributed by atoms with Crippen molar-refractivity contribution in [2.24, 2.45) is 0 Å². The van der Waals surface area contributed by atoms with Crippen LogP contribution in [-0.4, -0.2) is 56.4 Å². The van der Waals surface area contributed by atoms with E-state index in [9.17, 15) is 48.9 Å². The highest BCUT2D eigenvalue weighted by molar-refractivity contribution is 6.11. The third-order valence-corrected chi connectivity index (χ3v) is 6.92. The van der Waals surface area contributed by atoms with Crippen molar-refractivity contribution in [3.05, 3.63) is 141 Å². The number of carboxylic acid groups (broad SMARTS) is 3. The van der Waals surface area contributed by atoms with Crippen LogP contribution in [0.2, 0.25) is 0 Å². The fourth-order valence-corrected chi connectivity index (χ4v) is 4.55. The molecule has 0 saturated heterocycles. The number of hydrogen-bond acceptors (Lipinski definition) is 7. The van der Waals surface area contributed by atoms with E-state index in [1.165, 1.54) is 61.5 Å². The molecule has 0 heterocycles.